The van der Waals surface area contributed by atoms with Gasteiger partial charge >= 0.3 is 0 Å². The molecule has 2 rings (SSSR count). The van der Waals surface area contributed by atoms with E-state index in [9.17, 15) is 14.9 Å². The maximum absolute atomic E-state index is 11.8. The smallest absolute Gasteiger partial charge is 0.267 e. The third-order valence-corrected chi connectivity index (χ3v) is 2.78. The molecule has 0 unspecified atom stereocenters. The number of hydrogen-bond donors (Lipinski definition) is 1. The topological polar surface area (TPSA) is 84.6 Å². The van der Waals surface area contributed by atoms with Gasteiger partial charge in [-0.15, -0.1) is 0 Å². The van der Waals surface area contributed by atoms with Crippen LogP contribution in [0.15, 0.2) is 53.6 Å². The Morgan fingerprint density at radius 1 is 1.24 bits per heavy atom. The minimum atomic E-state index is -0.563. The van der Waals surface area contributed by atoms with Crippen molar-refractivity contribution in [1.82, 2.24) is 5.43 Å². The van der Waals surface area contributed by atoms with Gasteiger partial charge in [-0.3, -0.25) is 14.9 Å². The minimum Gasteiger partial charge on any atom is -0.267 e. The molecule has 6 nitrogen and oxygen atoms in total. The Morgan fingerprint density at radius 3 is 2.71 bits per heavy atom. The number of carbonyl (C=O) groups is 1. The van der Waals surface area contributed by atoms with Gasteiger partial charge < -0.3 is 0 Å². The second-order valence-corrected chi connectivity index (χ2v) is 4.50. The molecule has 0 aliphatic heterocycles. The van der Waals surface area contributed by atoms with E-state index in [1.165, 1.54) is 30.5 Å². The molecule has 0 aliphatic rings. The number of nitrogens with zero attached hydrogens (tertiary/aromatic N) is 2. The molecule has 0 bridgehead atoms. The summed E-state index contributed by atoms with van der Waals surface area (Å²) in [6, 6.07) is 12.3. The number of nitro benzene ring substituents is 1. The van der Waals surface area contributed by atoms with Crippen LogP contribution >= 0.6 is 11.6 Å². The van der Waals surface area contributed by atoms with E-state index in [2.05, 4.69) is 10.5 Å². The summed E-state index contributed by atoms with van der Waals surface area (Å²) in [5, 5.41) is 15.0. The summed E-state index contributed by atoms with van der Waals surface area (Å²) in [5.41, 5.74) is 3.03. The number of carbonyl (C=O) groups excluding carboxylic acids is 1. The Labute approximate surface area is 125 Å². The van der Waals surface area contributed by atoms with Gasteiger partial charge in [0, 0.05) is 22.7 Å². The van der Waals surface area contributed by atoms with Gasteiger partial charge in [0.05, 0.1) is 11.1 Å². The van der Waals surface area contributed by atoms with Crippen molar-refractivity contribution in [1.29, 1.82) is 0 Å². The molecule has 0 spiro atoms. The Hall–Kier alpha value is -2.73. The highest BCUT2D eigenvalue weighted by Gasteiger charge is 2.10. The van der Waals surface area contributed by atoms with Crippen molar-refractivity contribution in [2.24, 2.45) is 5.10 Å². The van der Waals surface area contributed by atoms with E-state index in [4.69, 9.17) is 11.6 Å². The van der Waals surface area contributed by atoms with Gasteiger partial charge in [0.15, 0.2) is 0 Å². The van der Waals surface area contributed by atoms with Crippen LogP contribution in [0.3, 0.4) is 0 Å². The van der Waals surface area contributed by atoms with Gasteiger partial charge in [-0.1, -0.05) is 29.8 Å². The van der Waals surface area contributed by atoms with Crippen molar-refractivity contribution < 1.29 is 9.72 Å². The number of non-ortho nitro benzene ring substituents is 1. The van der Waals surface area contributed by atoms with E-state index >= 15 is 0 Å². The van der Waals surface area contributed by atoms with Gasteiger partial charge in [-0.2, -0.15) is 5.10 Å². The van der Waals surface area contributed by atoms with E-state index < -0.39 is 10.8 Å². The second kappa shape index (κ2) is 6.62. The fourth-order valence-corrected chi connectivity index (χ4v) is 1.78. The first kappa shape index (κ1) is 14.7. The highest BCUT2D eigenvalue weighted by Crippen LogP contribution is 2.13. The van der Waals surface area contributed by atoms with Crippen LogP contribution in [0.4, 0.5) is 5.69 Å². The Kier molecular flexibility index (Phi) is 4.63. The first-order chi connectivity index (χ1) is 10.1. The number of hydrogen-bond acceptors (Lipinski definition) is 4. The Morgan fingerprint density at radius 2 is 2.00 bits per heavy atom. The van der Waals surface area contributed by atoms with Crippen LogP contribution in [0, 0.1) is 10.1 Å². The van der Waals surface area contributed by atoms with Gasteiger partial charge in [-0.25, -0.2) is 5.43 Å². The number of benzene rings is 2. The summed E-state index contributed by atoms with van der Waals surface area (Å²) in [4.78, 5) is 21.9. The van der Waals surface area contributed by atoms with Crippen LogP contribution in [-0.2, 0) is 0 Å². The molecule has 0 saturated carbocycles. The molecule has 0 fully saturated rings. The van der Waals surface area contributed by atoms with Crippen molar-refractivity contribution >= 4 is 29.4 Å². The summed E-state index contributed by atoms with van der Waals surface area (Å²) in [5.74, 6) is -0.531. The second-order valence-electron chi connectivity index (χ2n) is 4.06. The lowest BCUT2D eigenvalue weighted by atomic mass is 10.2. The molecular weight excluding hydrogens is 294 g/mol. The molecule has 1 amide bonds. The van der Waals surface area contributed by atoms with E-state index in [1.54, 1.807) is 24.3 Å². The highest BCUT2D eigenvalue weighted by atomic mass is 35.5. The summed E-state index contributed by atoms with van der Waals surface area (Å²) < 4.78 is 0. The maximum atomic E-state index is 11.8. The van der Waals surface area contributed by atoms with Crippen molar-refractivity contribution in [2.75, 3.05) is 0 Å². The van der Waals surface area contributed by atoms with Crippen LogP contribution in [0.5, 0.6) is 0 Å². The number of halogens is 1. The molecule has 1 N–H and O–H groups in total. The summed E-state index contributed by atoms with van der Waals surface area (Å²) in [7, 11) is 0. The third-order valence-electron chi connectivity index (χ3n) is 2.55. The van der Waals surface area contributed by atoms with E-state index in [0.717, 1.165) is 5.56 Å². The largest absolute Gasteiger partial charge is 0.271 e. The number of nitro groups is 1. The molecule has 106 valence electrons. The fraction of sp³-hybridized carbons (Fsp3) is 0. The molecule has 0 heterocycles. The molecule has 7 heteroatoms. The normalized spacial score (nSPS) is 10.5. The Bertz CT molecular complexity index is 716. The standard InChI is InChI=1S/C14H10ClN3O3/c15-12-5-1-3-10(7-12)9-16-17-14(19)11-4-2-6-13(8-11)18(20)21/h1-9H,(H,17,19)/b16-9+. The monoisotopic (exact) mass is 303 g/mol. The zero-order valence-corrected chi connectivity index (χ0v) is 11.4. The molecule has 0 atom stereocenters. The molecule has 0 aliphatic carbocycles. The number of amides is 1. The van der Waals surface area contributed by atoms with Crippen LogP contribution in [-0.4, -0.2) is 17.0 Å². The van der Waals surface area contributed by atoms with Crippen molar-refractivity contribution in [2.45, 2.75) is 0 Å². The van der Waals surface area contributed by atoms with Crippen molar-refractivity contribution in [3.63, 3.8) is 0 Å². The molecule has 2 aromatic carbocycles. The van der Waals surface area contributed by atoms with Gasteiger partial charge in [-0.05, 0) is 23.8 Å². The van der Waals surface area contributed by atoms with Gasteiger partial charge in [0.25, 0.3) is 11.6 Å². The molecule has 2 aromatic rings. The third kappa shape index (κ3) is 4.12. The van der Waals surface area contributed by atoms with Gasteiger partial charge in [0.1, 0.15) is 0 Å². The lowest BCUT2D eigenvalue weighted by Crippen LogP contribution is -2.17. The molecule has 0 aromatic heterocycles. The average Bonchev–Trinajstić information content (AvgIpc) is 2.47. The minimum absolute atomic E-state index is 0.151. The SMILES string of the molecule is O=C(N/N=C/c1cccc(Cl)c1)c1cccc([N+](=O)[O-])c1. The number of hydrazone groups is 1. The molecular formula is C14H10ClN3O3. The predicted molar refractivity (Wildman–Crippen MR) is 79.6 cm³/mol. The van der Waals surface area contributed by atoms with Crippen LogP contribution in [0.2, 0.25) is 5.02 Å². The summed E-state index contributed by atoms with van der Waals surface area (Å²) in [6.07, 6.45) is 1.43. The number of rotatable bonds is 4. The summed E-state index contributed by atoms with van der Waals surface area (Å²) in [6.45, 7) is 0. The Balaban J connectivity index is 2.05. The van der Waals surface area contributed by atoms with E-state index in [0.29, 0.717) is 5.02 Å². The lowest BCUT2D eigenvalue weighted by Gasteiger charge is -2.00. The molecule has 0 radical (unpaired) electrons. The molecule has 21 heavy (non-hydrogen) atoms. The predicted octanol–water partition coefficient (Wildman–Crippen LogP) is 3.01. The lowest BCUT2D eigenvalue weighted by molar-refractivity contribution is -0.384. The van der Waals surface area contributed by atoms with E-state index in [1.807, 2.05) is 0 Å². The molecule has 0 saturated heterocycles. The van der Waals surface area contributed by atoms with Crippen LogP contribution < -0.4 is 5.43 Å². The maximum Gasteiger partial charge on any atom is 0.271 e. The first-order valence-electron chi connectivity index (χ1n) is 5.90. The zero-order chi connectivity index (χ0) is 15.2. The van der Waals surface area contributed by atoms with Crippen molar-refractivity contribution in [3.05, 3.63) is 74.8 Å². The highest BCUT2D eigenvalue weighted by molar-refractivity contribution is 6.30. The average molecular weight is 304 g/mol. The summed E-state index contributed by atoms with van der Waals surface area (Å²) >= 11 is 5.82. The quantitative estimate of drug-likeness (QED) is 0.535. The van der Waals surface area contributed by atoms with Crippen LogP contribution in [0.1, 0.15) is 15.9 Å². The van der Waals surface area contributed by atoms with Gasteiger partial charge in [0.2, 0.25) is 0 Å². The zero-order valence-electron chi connectivity index (χ0n) is 10.7. The fourth-order valence-electron chi connectivity index (χ4n) is 1.58. The first-order valence-corrected chi connectivity index (χ1v) is 6.27. The van der Waals surface area contributed by atoms with Crippen LogP contribution in [0.25, 0.3) is 0 Å². The van der Waals surface area contributed by atoms with E-state index in [-0.39, 0.29) is 11.3 Å². The number of nitrogens with one attached hydrogen (secondary N) is 1. The van der Waals surface area contributed by atoms with Crippen molar-refractivity contribution in [3.8, 4) is 0 Å².